The van der Waals surface area contributed by atoms with Crippen LogP contribution < -0.4 is 5.73 Å². The second-order valence-electron chi connectivity index (χ2n) is 5.94. The fraction of sp³-hybridized carbons (Fsp3) is 0.100. The van der Waals surface area contributed by atoms with Crippen molar-refractivity contribution in [2.75, 3.05) is 0 Å². The predicted molar refractivity (Wildman–Crippen MR) is 96.1 cm³/mol. The zero-order valence-corrected chi connectivity index (χ0v) is 14.0. The maximum atomic E-state index is 12.7. The quantitative estimate of drug-likeness (QED) is 0.700. The van der Waals surface area contributed by atoms with Gasteiger partial charge in [0.25, 0.3) is 0 Å². The number of hydrogen-bond acceptors (Lipinski definition) is 2. The number of para-hydroxylation sites is 1. The standard InChI is InChI=1S/C20H14F3N3O/c21-20(22,23)16-7-5-13(6-8-16)14(10-24)9-15-11-26(12-19(25)27)18-4-2-1-3-17(15)18/h1-9,11H,12H2,(H2,25,27)/b14-9-. The highest BCUT2D eigenvalue weighted by Crippen LogP contribution is 2.31. The Balaban J connectivity index is 2.06. The number of carbonyl (C=O) groups is 1. The molecule has 0 aliphatic carbocycles. The average Bonchev–Trinajstić information content (AvgIpc) is 2.96. The topological polar surface area (TPSA) is 71.8 Å². The smallest absolute Gasteiger partial charge is 0.368 e. The van der Waals surface area contributed by atoms with Crippen molar-refractivity contribution >= 4 is 28.5 Å². The molecule has 0 fully saturated rings. The highest BCUT2D eigenvalue weighted by atomic mass is 19.4. The number of alkyl halides is 3. The second-order valence-corrected chi connectivity index (χ2v) is 5.94. The molecule has 7 heteroatoms. The molecule has 0 atom stereocenters. The molecule has 0 saturated carbocycles. The van der Waals surface area contributed by atoms with Crippen LogP contribution in [0.1, 0.15) is 16.7 Å². The molecule has 27 heavy (non-hydrogen) atoms. The highest BCUT2D eigenvalue weighted by molar-refractivity contribution is 5.98. The van der Waals surface area contributed by atoms with Crippen LogP contribution in [0.2, 0.25) is 0 Å². The van der Waals surface area contributed by atoms with E-state index in [1.807, 2.05) is 30.3 Å². The Hall–Kier alpha value is -3.53. The van der Waals surface area contributed by atoms with Gasteiger partial charge in [-0.25, -0.2) is 0 Å². The Morgan fingerprint density at radius 2 is 1.81 bits per heavy atom. The summed E-state index contributed by atoms with van der Waals surface area (Å²) in [5, 5.41) is 10.3. The van der Waals surface area contributed by atoms with E-state index in [4.69, 9.17) is 5.73 Å². The van der Waals surface area contributed by atoms with Crippen LogP contribution in [-0.2, 0) is 17.5 Å². The molecule has 3 rings (SSSR count). The van der Waals surface area contributed by atoms with Gasteiger partial charge < -0.3 is 10.3 Å². The van der Waals surface area contributed by atoms with Crippen molar-refractivity contribution in [3.63, 3.8) is 0 Å². The highest BCUT2D eigenvalue weighted by Gasteiger charge is 2.30. The number of hydrogen-bond donors (Lipinski definition) is 1. The molecule has 0 spiro atoms. The molecule has 2 aromatic carbocycles. The van der Waals surface area contributed by atoms with Crippen LogP contribution in [0.3, 0.4) is 0 Å². The van der Waals surface area contributed by atoms with Gasteiger partial charge in [0.1, 0.15) is 6.54 Å². The number of aromatic nitrogens is 1. The van der Waals surface area contributed by atoms with Crippen molar-refractivity contribution in [2.24, 2.45) is 5.73 Å². The summed E-state index contributed by atoms with van der Waals surface area (Å²) in [6, 6.07) is 13.7. The van der Waals surface area contributed by atoms with Crippen molar-refractivity contribution in [1.29, 1.82) is 5.26 Å². The lowest BCUT2D eigenvalue weighted by molar-refractivity contribution is -0.137. The summed E-state index contributed by atoms with van der Waals surface area (Å²) in [6.45, 7) is -0.0173. The van der Waals surface area contributed by atoms with Crippen molar-refractivity contribution in [2.45, 2.75) is 12.7 Å². The number of primary amides is 1. The van der Waals surface area contributed by atoms with Gasteiger partial charge in [-0.3, -0.25) is 4.79 Å². The largest absolute Gasteiger partial charge is 0.416 e. The molecule has 0 bridgehead atoms. The van der Waals surface area contributed by atoms with Crippen LogP contribution in [-0.4, -0.2) is 10.5 Å². The third kappa shape index (κ3) is 3.85. The lowest BCUT2D eigenvalue weighted by Gasteiger charge is -2.07. The SMILES string of the molecule is N#C/C(=C/c1cn(CC(N)=O)c2ccccc12)c1ccc(C(F)(F)F)cc1. The van der Waals surface area contributed by atoms with E-state index in [0.717, 1.165) is 23.0 Å². The maximum absolute atomic E-state index is 12.7. The van der Waals surface area contributed by atoms with Gasteiger partial charge in [0.05, 0.1) is 17.2 Å². The predicted octanol–water partition coefficient (Wildman–Crippen LogP) is 4.21. The van der Waals surface area contributed by atoms with Crippen LogP contribution in [0.15, 0.2) is 54.7 Å². The summed E-state index contributed by atoms with van der Waals surface area (Å²) in [5.41, 5.74) is 6.52. The Kier molecular flexibility index (Phi) is 4.74. The van der Waals surface area contributed by atoms with E-state index in [1.54, 1.807) is 16.8 Å². The van der Waals surface area contributed by atoms with Gasteiger partial charge in [-0.1, -0.05) is 30.3 Å². The minimum Gasteiger partial charge on any atom is -0.368 e. The Morgan fingerprint density at radius 3 is 2.41 bits per heavy atom. The van der Waals surface area contributed by atoms with Crippen LogP contribution in [0, 0.1) is 11.3 Å². The summed E-state index contributed by atoms with van der Waals surface area (Å²) in [6.07, 6.45) is -1.16. The normalized spacial score (nSPS) is 12.1. The Bertz CT molecular complexity index is 1070. The van der Waals surface area contributed by atoms with E-state index < -0.39 is 17.6 Å². The van der Waals surface area contributed by atoms with Gasteiger partial charge in [-0.05, 0) is 29.8 Å². The van der Waals surface area contributed by atoms with Gasteiger partial charge >= 0.3 is 6.18 Å². The van der Waals surface area contributed by atoms with Gasteiger partial charge in [0, 0.05) is 22.7 Å². The molecule has 4 nitrogen and oxygen atoms in total. The van der Waals surface area contributed by atoms with Crippen LogP contribution >= 0.6 is 0 Å². The maximum Gasteiger partial charge on any atom is 0.416 e. The van der Waals surface area contributed by atoms with Gasteiger partial charge in [-0.15, -0.1) is 0 Å². The molecule has 1 aromatic heterocycles. The number of amides is 1. The molecular formula is C20H14F3N3O. The first-order valence-corrected chi connectivity index (χ1v) is 7.95. The molecule has 3 aromatic rings. The number of halogens is 3. The minimum absolute atomic E-state index is 0.0173. The van der Waals surface area contributed by atoms with Crippen molar-refractivity contribution < 1.29 is 18.0 Å². The molecule has 1 amide bonds. The number of benzene rings is 2. The fourth-order valence-corrected chi connectivity index (χ4v) is 2.86. The first kappa shape index (κ1) is 18.3. The summed E-state index contributed by atoms with van der Waals surface area (Å²) in [5.74, 6) is -0.505. The number of nitrogens with two attached hydrogens (primary N) is 1. The molecule has 0 aliphatic heterocycles. The number of nitrogens with zero attached hydrogens (tertiary/aromatic N) is 2. The van der Waals surface area contributed by atoms with Crippen molar-refractivity contribution in [1.82, 2.24) is 4.57 Å². The summed E-state index contributed by atoms with van der Waals surface area (Å²) in [7, 11) is 0. The average molecular weight is 369 g/mol. The van der Waals surface area contributed by atoms with Crippen molar-refractivity contribution in [3.8, 4) is 6.07 Å². The molecule has 2 N–H and O–H groups in total. The van der Waals surface area contributed by atoms with Crippen LogP contribution in [0.5, 0.6) is 0 Å². The Labute approximate surface area is 152 Å². The van der Waals surface area contributed by atoms with Gasteiger partial charge in [-0.2, -0.15) is 18.4 Å². The van der Waals surface area contributed by atoms with E-state index >= 15 is 0 Å². The molecule has 136 valence electrons. The number of fused-ring (bicyclic) bond motifs is 1. The van der Waals surface area contributed by atoms with Gasteiger partial charge in [0.2, 0.25) is 5.91 Å². The fourth-order valence-electron chi connectivity index (χ4n) is 2.86. The number of nitriles is 1. The third-order valence-electron chi connectivity index (χ3n) is 4.09. The molecule has 0 radical (unpaired) electrons. The zero-order chi connectivity index (χ0) is 19.6. The minimum atomic E-state index is -4.43. The molecular weight excluding hydrogens is 355 g/mol. The summed E-state index contributed by atoms with van der Waals surface area (Å²) in [4.78, 5) is 11.3. The molecule has 0 saturated heterocycles. The number of carbonyl (C=O) groups excluding carboxylic acids is 1. The van der Waals surface area contributed by atoms with E-state index in [9.17, 15) is 23.2 Å². The van der Waals surface area contributed by atoms with Crippen molar-refractivity contribution in [3.05, 3.63) is 71.4 Å². The number of allylic oxidation sites excluding steroid dienone is 1. The van der Waals surface area contributed by atoms with E-state index in [0.29, 0.717) is 11.1 Å². The Morgan fingerprint density at radius 1 is 1.15 bits per heavy atom. The van der Waals surface area contributed by atoms with E-state index in [1.165, 1.54) is 12.1 Å². The molecule has 0 aliphatic rings. The van der Waals surface area contributed by atoms with Crippen LogP contribution in [0.25, 0.3) is 22.6 Å². The first-order valence-electron chi connectivity index (χ1n) is 7.95. The number of rotatable bonds is 4. The second kappa shape index (κ2) is 7.00. The van der Waals surface area contributed by atoms with E-state index in [-0.39, 0.29) is 12.1 Å². The molecule has 1 heterocycles. The van der Waals surface area contributed by atoms with Crippen LogP contribution in [0.4, 0.5) is 13.2 Å². The monoisotopic (exact) mass is 369 g/mol. The summed E-state index contributed by atoms with van der Waals surface area (Å²) < 4.78 is 39.8. The molecule has 0 unspecified atom stereocenters. The first-order chi connectivity index (χ1) is 12.8. The van der Waals surface area contributed by atoms with E-state index in [2.05, 4.69) is 0 Å². The summed E-state index contributed by atoms with van der Waals surface area (Å²) >= 11 is 0. The van der Waals surface area contributed by atoms with Gasteiger partial charge in [0.15, 0.2) is 0 Å². The lowest BCUT2D eigenvalue weighted by Crippen LogP contribution is -2.17. The third-order valence-corrected chi connectivity index (χ3v) is 4.09. The lowest BCUT2D eigenvalue weighted by atomic mass is 10.0. The zero-order valence-electron chi connectivity index (χ0n) is 14.0.